The van der Waals surface area contributed by atoms with E-state index in [-0.39, 0.29) is 0 Å². The van der Waals surface area contributed by atoms with Gasteiger partial charge in [0.05, 0.1) is 17.1 Å². The molecular weight excluding hydrogens is 244 g/mol. The summed E-state index contributed by atoms with van der Waals surface area (Å²) in [6.07, 6.45) is 3.34. The number of aromatic nitrogens is 2. The van der Waals surface area contributed by atoms with E-state index in [9.17, 15) is 14.7 Å². The van der Waals surface area contributed by atoms with E-state index in [1.165, 1.54) is 0 Å². The molecule has 3 N–H and O–H groups in total. The van der Waals surface area contributed by atoms with Gasteiger partial charge in [0.2, 0.25) is 0 Å². The van der Waals surface area contributed by atoms with Gasteiger partial charge in [-0.25, -0.2) is 0 Å². The summed E-state index contributed by atoms with van der Waals surface area (Å²) in [4.78, 5) is 27.4. The Morgan fingerprint density at radius 1 is 1.11 bits per heavy atom. The number of unbranched alkanes of at least 4 members (excludes halogenated alkanes) is 2. The molecule has 2 aromatic rings. The summed E-state index contributed by atoms with van der Waals surface area (Å²) in [6, 6.07) is 5.18. The molecule has 2 rings (SSSR count). The molecule has 5 heteroatoms. The molecule has 1 aromatic heterocycles. The first kappa shape index (κ1) is 13.5. The van der Waals surface area contributed by atoms with Crippen molar-refractivity contribution in [3.8, 4) is 0 Å². The van der Waals surface area contributed by atoms with Crippen molar-refractivity contribution in [2.75, 3.05) is 0 Å². The van der Waals surface area contributed by atoms with E-state index in [0.717, 1.165) is 24.8 Å². The molecule has 0 saturated heterocycles. The number of nitrogens with one attached hydrogen (secondary N) is 2. The second-order valence-corrected chi connectivity index (χ2v) is 4.72. The van der Waals surface area contributed by atoms with Crippen molar-refractivity contribution in [1.82, 2.24) is 9.97 Å². The standard InChI is InChI=1S/C14H18N2O3/c1-2-3-4-5-12(17)9-6-7-10-11(8-9)16-14(19)13(18)15-10/h6-8,12,17H,2-5H2,1H3,(H,15,18)(H,16,19). The maximum atomic E-state index is 11.3. The van der Waals surface area contributed by atoms with E-state index in [4.69, 9.17) is 0 Å². The molecular formula is C14H18N2O3. The molecule has 0 aliphatic rings. The molecule has 1 atom stereocenters. The molecule has 0 radical (unpaired) electrons. The fraction of sp³-hybridized carbons (Fsp3) is 0.429. The topological polar surface area (TPSA) is 85.9 Å². The molecule has 102 valence electrons. The molecule has 19 heavy (non-hydrogen) atoms. The predicted molar refractivity (Wildman–Crippen MR) is 74.3 cm³/mol. The van der Waals surface area contributed by atoms with Gasteiger partial charge in [-0.05, 0) is 24.1 Å². The van der Waals surface area contributed by atoms with Crippen LogP contribution in [0.4, 0.5) is 0 Å². The van der Waals surface area contributed by atoms with Crippen LogP contribution in [0.3, 0.4) is 0 Å². The number of aromatic amines is 2. The number of H-pyrrole nitrogens is 2. The Labute approximate surface area is 110 Å². The van der Waals surface area contributed by atoms with Crippen LogP contribution < -0.4 is 11.1 Å². The highest BCUT2D eigenvalue weighted by Crippen LogP contribution is 2.21. The molecule has 0 aliphatic carbocycles. The van der Waals surface area contributed by atoms with E-state index in [1.807, 2.05) is 0 Å². The Balaban J connectivity index is 2.28. The van der Waals surface area contributed by atoms with Crippen LogP contribution in [0, 0.1) is 0 Å². The third-order valence-corrected chi connectivity index (χ3v) is 3.21. The first-order chi connectivity index (χ1) is 9.11. The molecule has 0 saturated carbocycles. The average molecular weight is 262 g/mol. The van der Waals surface area contributed by atoms with Crippen molar-refractivity contribution in [2.24, 2.45) is 0 Å². The molecule has 1 aromatic carbocycles. The molecule has 5 nitrogen and oxygen atoms in total. The van der Waals surface area contributed by atoms with Gasteiger partial charge in [0.1, 0.15) is 0 Å². The third kappa shape index (κ3) is 3.12. The molecule has 0 amide bonds. The minimum absolute atomic E-state index is 0.536. The van der Waals surface area contributed by atoms with Crippen LogP contribution >= 0.6 is 0 Å². The van der Waals surface area contributed by atoms with Gasteiger partial charge in [-0.2, -0.15) is 0 Å². The number of aliphatic hydroxyl groups is 1. The average Bonchev–Trinajstić information content (AvgIpc) is 2.40. The summed E-state index contributed by atoms with van der Waals surface area (Å²) in [5.74, 6) is 0. The van der Waals surface area contributed by atoms with Gasteiger partial charge in [0.15, 0.2) is 0 Å². The van der Waals surface area contributed by atoms with Crippen LogP contribution in [0.5, 0.6) is 0 Å². The number of benzene rings is 1. The Kier molecular flexibility index (Phi) is 4.16. The number of hydrogen-bond acceptors (Lipinski definition) is 3. The van der Waals surface area contributed by atoms with Gasteiger partial charge in [-0.15, -0.1) is 0 Å². The van der Waals surface area contributed by atoms with Crippen molar-refractivity contribution in [3.63, 3.8) is 0 Å². The van der Waals surface area contributed by atoms with Crippen molar-refractivity contribution in [3.05, 3.63) is 44.5 Å². The van der Waals surface area contributed by atoms with E-state index in [2.05, 4.69) is 16.9 Å². The Bertz CT molecular complexity index is 672. The zero-order valence-electron chi connectivity index (χ0n) is 10.9. The summed E-state index contributed by atoms with van der Waals surface area (Å²) in [7, 11) is 0. The molecule has 0 fully saturated rings. The highest BCUT2D eigenvalue weighted by atomic mass is 16.3. The fourth-order valence-electron chi connectivity index (χ4n) is 2.09. The number of aliphatic hydroxyl groups excluding tert-OH is 1. The maximum absolute atomic E-state index is 11.3. The maximum Gasteiger partial charge on any atom is 0.314 e. The lowest BCUT2D eigenvalue weighted by atomic mass is 10.0. The Hall–Kier alpha value is -1.88. The third-order valence-electron chi connectivity index (χ3n) is 3.21. The van der Waals surface area contributed by atoms with Gasteiger partial charge in [-0.1, -0.05) is 32.3 Å². The second kappa shape index (κ2) is 5.84. The van der Waals surface area contributed by atoms with Crippen molar-refractivity contribution in [1.29, 1.82) is 0 Å². The van der Waals surface area contributed by atoms with Crippen LogP contribution in [0.25, 0.3) is 11.0 Å². The highest BCUT2D eigenvalue weighted by molar-refractivity contribution is 5.74. The summed E-state index contributed by atoms with van der Waals surface area (Å²) < 4.78 is 0. The first-order valence-corrected chi connectivity index (χ1v) is 6.56. The first-order valence-electron chi connectivity index (χ1n) is 6.56. The second-order valence-electron chi connectivity index (χ2n) is 4.72. The van der Waals surface area contributed by atoms with Crippen LogP contribution in [0.15, 0.2) is 27.8 Å². The van der Waals surface area contributed by atoms with Crippen molar-refractivity contribution in [2.45, 2.75) is 38.7 Å². The van der Waals surface area contributed by atoms with Gasteiger partial charge in [-0.3, -0.25) is 9.59 Å². The van der Waals surface area contributed by atoms with Crippen LogP contribution in [-0.4, -0.2) is 15.1 Å². The van der Waals surface area contributed by atoms with Crippen molar-refractivity contribution >= 4 is 11.0 Å². The Morgan fingerprint density at radius 2 is 1.79 bits per heavy atom. The largest absolute Gasteiger partial charge is 0.388 e. The van der Waals surface area contributed by atoms with Crippen LogP contribution in [0.2, 0.25) is 0 Å². The normalized spacial score (nSPS) is 12.7. The van der Waals surface area contributed by atoms with Gasteiger partial charge in [0.25, 0.3) is 0 Å². The lowest BCUT2D eigenvalue weighted by molar-refractivity contribution is 0.163. The SMILES string of the molecule is CCCCCC(O)c1ccc2[nH]c(=O)c(=O)[nH]c2c1. The van der Waals surface area contributed by atoms with E-state index in [0.29, 0.717) is 17.5 Å². The fourth-order valence-corrected chi connectivity index (χ4v) is 2.09. The van der Waals surface area contributed by atoms with Gasteiger partial charge >= 0.3 is 11.1 Å². The van der Waals surface area contributed by atoms with E-state index >= 15 is 0 Å². The smallest absolute Gasteiger partial charge is 0.314 e. The molecule has 0 bridgehead atoms. The zero-order chi connectivity index (χ0) is 13.8. The minimum Gasteiger partial charge on any atom is -0.388 e. The summed E-state index contributed by atoms with van der Waals surface area (Å²) in [5, 5.41) is 10.1. The van der Waals surface area contributed by atoms with E-state index < -0.39 is 17.2 Å². The molecule has 1 unspecified atom stereocenters. The van der Waals surface area contributed by atoms with Crippen LogP contribution in [-0.2, 0) is 0 Å². The number of hydrogen-bond donors (Lipinski definition) is 3. The lowest BCUT2D eigenvalue weighted by Crippen LogP contribution is -2.28. The van der Waals surface area contributed by atoms with Gasteiger partial charge in [0, 0.05) is 0 Å². The molecule has 0 spiro atoms. The Morgan fingerprint density at radius 3 is 2.47 bits per heavy atom. The zero-order valence-corrected chi connectivity index (χ0v) is 10.9. The minimum atomic E-state index is -0.676. The summed E-state index contributed by atoms with van der Waals surface area (Å²) in [6.45, 7) is 2.11. The lowest BCUT2D eigenvalue weighted by Gasteiger charge is -2.11. The van der Waals surface area contributed by atoms with Crippen molar-refractivity contribution < 1.29 is 5.11 Å². The molecule has 1 heterocycles. The predicted octanol–water partition coefficient (Wildman–Crippen LogP) is 1.83. The summed E-state index contributed by atoms with van der Waals surface area (Å²) in [5.41, 5.74) is 0.519. The van der Waals surface area contributed by atoms with Crippen LogP contribution in [0.1, 0.15) is 44.3 Å². The number of fused-ring (bicyclic) bond motifs is 1. The molecule has 0 aliphatic heterocycles. The monoisotopic (exact) mass is 262 g/mol. The van der Waals surface area contributed by atoms with Gasteiger partial charge < -0.3 is 15.1 Å². The summed E-state index contributed by atoms with van der Waals surface area (Å²) >= 11 is 0. The van der Waals surface area contributed by atoms with E-state index in [1.54, 1.807) is 18.2 Å². The highest BCUT2D eigenvalue weighted by Gasteiger charge is 2.08. The quantitative estimate of drug-likeness (QED) is 0.567. The number of rotatable bonds is 5.